The first kappa shape index (κ1) is 23.4. The number of halogens is 1. The van der Waals surface area contributed by atoms with E-state index in [1.807, 2.05) is 6.07 Å². The molecule has 32 heavy (non-hydrogen) atoms. The van der Waals surface area contributed by atoms with Crippen molar-refractivity contribution in [1.82, 2.24) is 5.32 Å². The summed E-state index contributed by atoms with van der Waals surface area (Å²) in [4.78, 5) is 24.2. The Kier molecular flexibility index (Phi) is 8.70. The van der Waals surface area contributed by atoms with Crippen molar-refractivity contribution in [1.29, 1.82) is 0 Å². The van der Waals surface area contributed by atoms with E-state index < -0.39 is 5.97 Å². The van der Waals surface area contributed by atoms with Crippen molar-refractivity contribution in [2.24, 2.45) is 0 Å². The highest BCUT2D eigenvalue weighted by atomic mass is 35.5. The second kappa shape index (κ2) is 11.9. The molecular formula is C26H26ClNO4. The fourth-order valence-electron chi connectivity index (χ4n) is 3.20. The van der Waals surface area contributed by atoms with Crippen molar-refractivity contribution in [3.05, 3.63) is 100 Å². The highest BCUT2D eigenvalue weighted by Gasteiger charge is 2.12. The Morgan fingerprint density at radius 1 is 0.906 bits per heavy atom. The number of carbonyl (C=O) groups is 2. The van der Waals surface area contributed by atoms with Crippen LogP contribution in [0.4, 0.5) is 0 Å². The number of hydrogen-bond donors (Lipinski definition) is 1. The molecule has 5 nitrogen and oxygen atoms in total. The van der Waals surface area contributed by atoms with Crippen LogP contribution in [0.5, 0.6) is 5.75 Å². The van der Waals surface area contributed by atoms with E-state index in [9.17, 15) is 9.59 Å². The number of nitrogens with one attached hydrogen (secondary N) is 1. The third-order valence-electron chi connectivity index (χ3n) is 4.98. The number of hydrogen-bond acceptors (Lipinski definition) is 4. The van der Waals surface area contributed by atoms with E-state index in [1.54, 1.807) is 42.5 Å². The largest absolute Gasteiger partial charge is 0.494 e. The zero-order chi connectivity index (χ0) is 22.8. The molecule has 0 spiro atoms. The van der Waals surface area contributed by atoms with E-state index >= 15 is 0 Å². The first-order valence-electron chi connectivity index (χ1n) is 10.5. The van der Waals surface area contributed by atoms with Crippen LogP contribution in [-0.2, 0) is 17.7 Å². The minimum atomic E-state index is -0.515. The number of benzene rings is 3. The maximum Gasteiger partial charge on any atom is 0.339 e. The van der Waals surface area contributed by atoms with Gasteiger partial charge in [-0.15, -0.1) is 0 Å². The number of unbranched alkanes of at least 4 members (excludes halogenated alkanes) is 1. The molecule has 1 N–H and O–H groups in total. The summed E-state index contributed by atoms with van der Waals surface area (Å²) in [7, 11) is 1.30. The first-order valence-corrected chi connectivity index (χ1v) is 10.9. The predicted molar refractivity (Wildman–Crippen MR) is 125 cm³/mol. The fraction of sp³-hybridized carbons (Fsp3) is 0.231. The summed E-state index contributed by atoms with van der Waals surface area (Å²) in [6, 6.07) is 22.4. The molecule has 3 rings (SSSR count). The molecule has 0 bridgehead atoms. The van der Waals surface area contributed by atoms with Crippen molar-refractivity contribution in [2.45, 2.75) is 25.8 Å². The van der Waals surface area contributed by atoms with Gasteiger partial charge in [0, 0.05) is 12.1 Å². The highest BCUT2D eigenvalue weighted by molar-refractivity contribution is 6.33. The van der Waals surface area contributed by atoms with E-state index in [1.165, 1.54) is 12.7 Å². The molecule has 0 radical (unpaired) electrons. The quantitative estimate of drug-likeness (QED) is 0.328. The summed E-state index contributed by atoms with van der Waals surface area (Å²) in [5.74, 6) is 0.00879. The SMILES string of the molecule is COC(=O)c1cc(CNC(=O)c2ccc(OCCCCc3ccccc3)cc2)ccc1Cl. The molecule has 0 aliphatic carbocycles. The molecule has 0 saturated carbocycles. The standard InChI is InChI=1S/C26H26ClNO4/c1-31-26(30)23-17-20(10-15-24(23)27)18-28-25(29)21-11-13-22(14-12-21)32-16-6-5-9-19-7-3-2-4-8-19/h2-4,7-8,10-15,17H,5-6,9,16,18H2,1H3,(H,28,29). The van der Waals surface area contributed by atoms with Crippen LogP contribution >= 0.6 is 11.6 Å². The lowest BCUT2D eigenvalue weighted by atomic mass is 10.1. The number of aryl methyl sites for hydroxylation is 1. The second-order valence-electron chi connectivity index (χ2n) is 7.30. The van der Waals surface area contributed by atoms with Gasteiger partial charge in [-0.25, -0.2) is 4.79 Å². The molecular weight excluding hydrogens is 426 g/mol. The van der Waals surface area contributed by atoms with Crippen LogP contribution in [-0.4, -0.2) is 25.6 Å². The molecule has 0 unspecified atom stereocenters. The average molecular weight is 452 g/mol. The van der Waals surface area contributed by atoms with Crippen molar-refractivity contribution >= 4 is 23.5 Å². The normalized spacial score (nSPS) is 10.4. The van der Waals surface area contributed by atoms with Gasteiger partial charge < -0.3 is 14.8 Å². The van der Waals surface area contributed by atoms with Gasteiger partial charge in [-0.2, -0.15) is 0 Å². The van der Waals surface area contributed by atoms with E-state index in [2.05, 4.69) is 29.6 Å². The second-order valence-corrected chi connectivity index (χ2v) is 7.71. The van der Waals surface area contributed by atoms with Crippen LogP contribution in [0, 0.1) is 0 Å². The Hall–Kier alpha value is -3.31. The Labute approximate surface area is 193 Å². The highest BCUT2D eigenvalue weighted by Crippen LogP contribution is 2.19. The minimum Gasteiger partial charge on any atom is -0.494 e. The van der Waals surface area contributed by atoms with E-state index in [0.717, 1.165) is 30.6 Å². The number of rotatable bonds is 10. The number of ether oxygens (including phenoxy) is 2. The molecule has 0 aliphatic rings. The van der Waals surface area contributed by atoms with Crippen LogP contribution in [0.25, 0.3) is 0 Å². The molecule has 0 heterocycles. The van der Waals surface area contributed by atoms with Crippen LogP contribution in [0.15, 0.2) is 72.8 Å². The van der Waals surface area contributed by atoms with Crippen molar-refractivity contribution in [3.63, 3.8) is 0 Å². The molecule has 0 fully saturated rings. The topological polar surface area (TPSA) is 64.6 Å². The van der Waals surface area contributed by atoms with Gasteiger partial charge in [0.2, 0.25) is 0 Å². The monoisotopic (exact) mass is 451 g/mol. The molecule has 0 saturated heterocycles. The number of amides is 1. The van der Waals surface area contributed by atoms with Gasteiger partial charge in [-0.1, -0.05) is 48.0 Å². The summed E-state index contributed by atoms with van der Waals surface area (Å²) >= 11 is 6.02. The molecule has 0 aromatic heterocycles. The van der Waals surface area contributed by atoms with Gasteiger partial charge in [-0.3, -0.25) is 4.79 Å². The third kappa shape index (κ3) is 6.86. The Balaban J connectivity index is 1.43. The van der Waals surface area contributed by atoms with E-state index in [4.69, 9.17) is 21.1 Å². The molecule has 0 atom stereocenters. The Bertz CT molecular complexity index is 1040. The van der Waals surface area contributed by atoms with E-state index in [0.29, 0.717) is 17.2 Å². The number of carbonyl (C=O) groups excluding carboxylic acids is 2. The predicted octanol–water partition coefficient (Wildman–Crippen LogP) is 5.46. The van der Waals surface area contributed by atoms with Gasteiger partial charge in [0.15, 0.2) is 0 Å². The van der Waals surface area contributed by atoms with Gasteiger partial charge in [0.25, 0.3) is 5.91 Å². The van der Waals surface area contributed by atoms with Crippen molar-refractivity contribution < 1.29 is 19.1 Å². The molecule has 3 aromatic carbocycles. The smallest absolute Gasteiger partial charge is 0.339 e. The van der Waals surface area contributed by atoms with Gasteiger partial charge in [0.05, 0.1) is 24.3 Å². The minimum absolute atomic E-state index is 0.214. The molecule has 0 aliphatic heterocycles. The van der Waals surface area contributed by atoms with Crippen molar-refractivity contribution in [3.8, 4) is 5.75 Å². The Morgan fingerprint density at radius 2 is 1.66 bits per heavy atom. The maximum atomic E-state index is 12.4. The van der Waals surface area contributed by atoms with Crippen LogP contribution in [0.3, 0.4) is 0 Å². The molecule has 6 heteroatoms. The van der Waals surface area contributed by atoms with Gasteiger partial charge in [0.1, 0.15) is 5.75 Å². The molecule has 1 amide bonds. The zero-order valence-corrected chi connectivity index (χ0v) is 18.7. The van der Waals surface area contributed by atoms with Crippen LogP contribution < -0.4 is 10.1 Å². The van der Waals surface area contributed by atoms with E-state index in [-0.39, 0.29) is 18.0 Å². The van der Waals surface area contributed by atoms with Gasteiger partial charge >= 0.3 is 5.97 Å². The summed E-state index contributed by atoms with van der Waals surface area (Å²) in [6.07, 6.45) is 3.07. The zero-order valence-electron chi connectivity index (χ0n) is 18.0. The maximum absolute atomic E-state index is 12.4. The number of methoxy groups -OCH3 is 1. The summed E-state index contributed by atoms with van der Waals surface area (Å²) in [5, 5.41) is 3.15. The fourth-order valence-corrected chi connectivity index (χ4v) is 3.40. The summed E-state index contributed by atoms with van der Waals surface area (Å²) in [5.41, 5.74) is 2.89. The number of esters is 1. The van der Waals surface area contributed by atoms with Crippen molar-refractivity contribution in [2.75, 3.05) is 13.7 Å². The summed E-state index contributed by atoms with van der Waals surface area (Å²) < 4.78 is 10.5. The van der Waals surface area contributed by atoms with Crippen LogP contribution in [0.2, 0.25) is 5.02 Å². The van der Waals surface area contributed by atoms with Crippen LogP contribution in [0.1, 0.15) is 44.7 Å². The molecule has 3 aromatic rings. The Morgan fingerprint density at radius 3 is 2.38 bits per heavy atom. The summed E-state index contributed by atoms with van der Waals surface area (Å²) in [6.45, 7) is 0.900. The third-order valence-corrected chi connectivity index (χ3v) is 5.31. The first-order chi connectivity index (χ1) is 15.6. The van der Waals surface area contributed by atoms with Gasteiger partial charge in [-0.05, 0) is 66.8 Å². The molecule has 166 valence electrons. The lowest BCUT2D eigenvalue weighted by Crippen LogP contribution is -2.22. The lowest BCUT2D eigenvalue weighted by Gasteiger charge is -2.09. The average Bonchev–Trinajstić information content (AvgIpc) is 2.83. The lowest BCUT2D eigenvalue weighted by molar-refractivity contribution is 0.0600.